The summed E-state index contributed by atoms with van der Waals surface area (Å²) in [5.74, 6) is 0.166. The summed E-state index contributed by atoms with van der Waals surface area (Å²) in [6.07, 6.45) is 1.88. The van der Waals surface area contributed by atoms with Gasteiger partial charge in [0.05, 0.1) is 7.11 Å². The molecule has 0 bridgehead atoms. The molecule has 0 saturated heterocycles. The number of carbonyl (C=O) groups is 1. The van der Waals surface area contributed by atoms with Crippen molar-refractivity contribution < 1.29 is 19.4 Å². The van der Waals surface area contributed by atoms with Gasteiger partial charge in [-0.1, -0.05) is 24.6 Å². The average molecular weight is 305 g/mol. The molecule has 2 aromatic rings. The van der Waals surface area contributed by atoms with Crippen LogP contribution in [-0.2, 0) is 13.2 Å². The van der Waals surface area contributed by atoms with Crippen LogP contribution in [0.15, 0.2) is 24.3 Å². The van der Waals surface area contributed by atoms with E-state index in [-0.39, 0.29) is 12.3 Å². The van der Waals surface area contributed by atoms with Crippen LogP contribution in [0.2, 0.25) is 0 Å². The van der Waals surface area contributed by atoms with Gasteiger partial charge in [0.25, 0.3) is 0 Å². The molecule has 0 aliphatic carbocycles. The van der Waals surface area contributed by atoms with Crippen molar-refractivity contribution in [1.82, 2.24) is 15.0 Å². The Morgan fingerprint density at radius 2 is 2.14 bits per heavy atom. The molecule has 0 aliphatic heterocycles. The molecule has 1 aromatic carbocycles. The number of nitrogens with zero attached hydrogens (tertiary/aromatic N) is 3. The topological polar surface area (TPSA) is 86.5 Å². The minimum absolute atomic E-state index is 0.0704. The molecule has 0 fully saturated rings. The minimum Gasteiger partial charge on any atom is -0.497 e. The van der Waals surface area contributed by atoms with E-state index in [0.29, 0.717) is 23.7 Å². The van der Waals surface area contributed by atoms with E-state index >= 15 is 0 Å². The number of carboxylic acid groups (broad SMARTS) is 1. The standard InChI is InChI=1S/C15H19N3O4/c1-3-4-8-18-13(14(15(19)20)16-17-18)10-22-12-7-5-6-11(9-12)21-2/h5-7,9H,3-4,8,10H2,1-2H3,(H,19,20). The third-order valence-electron chi connectivity index (χ3n) is 3.18. The van der Waals surface area contributed by atoms with Crippen molar-refractivity contribution in [3.8, 4) is 11.5 Å². The van der Waals surface area contributed by atoms with Gasteiger partial charge in [-0.05, 0) is 18.6 Å². The fourth-order valence-corrected chi connectivity index (χ4v) is 1.97. The molecular weight excluding hydrogens is 286 g/mol. The lowest BCUT2D eigenvalue weighted by Gasteiger charge is -2.09. The number of rotatable bonds is 8. The molecule has 7 nitrogen and oxygen atoms in total. The van der Waals surface area contributed by atoms with Crippen LogP contribution >= 0.6 is 0 Å². The molecule has 1 N–H and O–H groups in total. The second kappa shape index (κ2) is 7.44. The summed E-state index contributed by atoms with van der Waals surface area (Å²) in [4.78, 5) is 11.2. The van der Waals surface area contributed by atoms with Crippen molar-refractivity contribution in [2.45, 2.75) is 32.9 Å². The highest BCUT2D eigenvalue weighted by Crippen LogP contribution is 2.20. The van der Waals surface area contributed by atoms with E-state index < -0.39 is 5.97 Å². The first kappa shape index (κ1) is 15.8. The normalized spacial score (nSPS) is 10.5. The van der Waals surface area contributed by atoms with Gasteiger partial charge in [0.15, 0.2) is 5.69 Å². The van der Waals surface area contributed by atoms with Crippen LogP contribution in [0.25, 0.3) is 0 Å². The summed E-state index contributed by atoms with van der Waals surface area (Å²) in [5, 5.41) is 16.8. The van der Waals surface area contributed by atoms with E-state index in [9.17, 15) is 9.90 Å². The van der Waals surface area contributed by atoms with Crippen molar-refractivity contribution >= 4 is 5.97 Å². The van der Waals surface area contributed by atoms with Gasteiger partial charge in [0.2, 0.25) is 0 Å². The summed E-state index contributed by atoms with van der Waals surface area (Å²) in [6.45, 7) is 2.76. The van der Waals surface area contributed by atoms with E-state index in [2.05, 4.69) is 17.2 Å². The maximum atomic E-state index is 11.2. The molecule has 22 heavy (non-hydrogen) atoms. The predicted octanol–water partition coefficient (Wildman–Crippen LogP) is 2.36. The Hall–Kier alpha value is -2.57. The quantitative estimate of drug-likeness (QED) is 0.805. The molecule has 0 aliphatic rings. The number of methoxy groups -OCH3 is 1. The van der Waals surface area contributed by atoms with Crippen molar-refractivity contribution in [2.24, 2.45) is 0 Å². The van der Waals surface area contributed by atoms with Crippen molar-refractivity contribution in [1.29, 1.82) is 0 Å². The number of carboxylic acids is 1. The first-order valence-electron chi connectivity index (χ1n) is 7.08. The number of hydrogen-bond acceptors (Lipinski definition) is 5. The maximum Gasteiger partial charge on any atom is 0.358 e. The third kappa shape index (κ3) is 3.75. The first-order valence-corrected chi connectivity index (χ1v) is 7.08. The zero-order valence-electron chi connectivity index (χ0n) is 12.7. The van der Waals surface area contributed by atoms with E-state index in [1.165, 1.54) is 0 Å². The molecule has 0 radical (unpaired) electrons. The maximum absolute atomic E-state index is 11.2. The van der Waals surface area contributed by atoms with E-state index in [1.807, 2.05) is 6.07 Å². The summed E-state index contributed by atoms with van der Waals surface area (Å²) in [6, 6.07) is 7.13. The van der Waals surface area contributed by atoms with Gasteiger partial charge in [-0.15, -0.1) is 5.10 Å². The molecule has 0 atom stereocenters. The van der Waals surface area contributed by atoms with Gasteiger partial charge in [0, 0.05) is 12.6 Å². The second-order valence-electron chi connectivity index (χ2n) is 4.73. The minimum atomic E-state index is -1.10. The molecule has 118 valence electrons. The first-order chi connectivity index (χ1) is 10.7. The molecule has 2 rings (SSSR count). The largest absolute Gasteiger partial charge is 0.497 e. The zero-order valence-corrected chi connectivity index (χ0v) is 12.7. The van der Waals surface area contributed by atoms with E-state index in [0.717, 1.165) is 12.8 Å². The number of ether oxygens (including phenoxy) is 2. The lowest BCUT2D eigenvalue weighted by Crippen LogP contribution is -2.11. The highest BCUT2D eigenvalue weighted by atomic mass is 16.5. The van der Waals surface area contributed by atoms with Gasteiger partial charge < -0.3 is 14.6 Å². The van der Waals surface area contributed by atoms with Crippen molar-refractivity contribution in [3.63, 3.8) is 0 Å². The van der Waals surface area contributed by atoms with Gasteiger partial charge in [-0.2, -0.15) is 0 Å². The van der Waals surface area contributed by atoms with Crippen LogP contribution in [-0.4, -0.2) is 33.2 Å². The molecule has 1 aromatic heterocycles. The van der Waals surface area contributed by atoms with Crippen molar-refractivity contribution in [3.05, 3.63) is 35.7 Å². The Morgan fingerprint density at radius 3 is 2.82 bits per heavy atom. The van der Waals surface area contributed by atoms with Crippen LogP contribution in [0.1, 0.15) is 35.9 Å². The van der Waals surface area contributed by atoms with Crippen LogP contribution in [0.4, 0.5) is 0 Å². The summed E-state index contributed by atoms with van der Waals surface area (Å²) < 4.78 is 12.4. The number of aromatic nitrogens is 3. The SMILES string of the molecule is CCCCn1nnc(C(=O)O)c1COc1cccc(OC)c1. The Labute approximate surface area is 128 Å². The second-order valence-corrected chi connectivity index (χ2v) is 4.73. The number of hydrogen-bond donors (Lipinski definition) is 1. The molecule has 0 amide bonds. The average Bonchev–Trinajstić information content (AvgIpc) is 2.94. The molecule has 0 unspecified atom stereocenters. The lowest BCUT2D eigenvalue weighted by molar-refractivity contribution is 0.0687. The Balaban J connectivity index is 2.15. The van der Waals surface area contributed by atoms with Gasteiger partial charge in [-0.25, -0.2) is 9.48 Å². The summed E-state index contributed by atoms with van der Waals surface area (Å²) >= 11 is 0. The number of unbranched alkanes of at least 4 members (excludes halogenated alkanes) is 1. The molecule has 7 heteroatoms. The van der Waals surface area contributed by atoms with Gasteiger partial charge >= 0.3 is 5.97 Å². The smallest absolute Gasteiger partial charge is 0.358 e. The van der Waals surface area contributed by atoms with Crippen LogP contribution in [0.5, 0.6) is 11.5 Å². The van der Waals surface area contributed by atoms with Crippen LogP contribution in [0.3, 0.4) is 0 Å². The predicted molar refractivity (Wildman–Crippen MR) is 79.2 cm³/mol. The highest BCUT2D eigenvalue weighted by molar-refractivity contribution is 5.86. The zero-order chi connectivity index (χ0) is 15.9. The van der Waals surface area contributed by atoms with E-state index in [1.54, 1.807) is 30.0 Å². The number of benzene rings is 1. The lowest BCUT2D eigenvalue weighted by atomic mass is 10.3. The number of aryl methyl sites for hydroxylation is 1. The number of aromatic carboxylic acids is 1. The molecule has 0 saturated carbocycles. The monoisotopic (exact) mass is 305 g/mol. The van der Waals surface area contributed by atoms with Crippen molar-refractivity contribution in [2.75, 3.05) is 7.11 Å². The Kier molecular flexibility index (Phi) is 5.35. The third-order valence-corrected chi connectivity index (χ3v) is 3.18. The summed E-state index contributed by atoms with van der Waals surface area (Å²) in [7, 11) is 1.57. The van der Waals surface area contributed by atoms with Crippen LogP contribution < -0.4 is 9.47 Å². The van der Waals surface area contributed by atoms with Crippen LogP contribution in [0, 0.1) is 0 Å². The Morgan fingerprint density at radius 1 is 1.36 bits per heavy atom. The van der Waals surface area contributed by atoms with Gasteiger partial charge in [-0.3, -0.25) is 0 Å². The molecule has 1 heterocycles. The fourth-order valence-electron chi connectivity index (χ4n) is 1.97. The van der Waals surface area contributed by atoms with Gasteiger partial charge in [0.1, 0.15) is 23.8 Å². The molecular formula is C15H19N3O4. The van der Waals surface area contributed by atoms with E-state index in [4.69, 9.17) is 9.47 Å². The fraction of sp³-hybridized carbons (Fsp3) is 0.400. The highest BCUT2D eigenvalue weighted by Gasteiger charge is 2.19. The Bertz CT molecular complexity index is 639. The summed E-state index contributed by atoms with van der Waals surface area (Å²) in [5.41, 5.74) is 0.391. The molecule has 0 spiro atoms.